The van der Waals surface area contributed by atoms with E-state index < -0.39 is 11.7 Å². The van der Waals surface area contributed by atoms with Gasteiger partial charge in [-0.05, 0) is 24.1 Å². The van der Waals surface area contributed by atoms with Crippen LogP contribution in [0.1, 0.15) is 31.9 Å². The number of alkyl halides is 3. The maximum absolute atomic E-state index is 12.3. The summed E-state index contributed by atoms with van der Waals surface area (Å²) < 4.78 is 36.8. The normalized spacial score (nSPS) is 10.6. The largest absolute Gasteiger partial charge is 0.417 e. The van der Waals surface area contributed by atoms with Gasteiger partial charge >= 0.3 is 6.18 Å². The number of benzene rings is 1. The average molecular weight is 239 g/mol. The van der Waals surface area contributed by atoms with Crippen LogP contribution < -0.4 is 0 Å². The summed E-state index contributed by atoms with van der Waals surface area (Å²) in [5, 5.41) is -0.246. The minimum Gasteiger partial charge on any atom is -0.166 e. The van der Waals surface area contributed by atoms with E-state index in [-0.39, 0.29) is 5.02 Å². The van der Waals surface area contributed by atoms with Crippen LogP contribution in [0.3, 0.4) is 0 Å². The third-order valence-corrected chi connectivity index (χ3v) is 2.07. The van der Waals surface area contributed by atoms with E-state index in [0.717, 1.165) is 6.07 Å². The smallest absolute Gasteiger partial charge is 0.166 e. The first-order valence-corrected chi connectivity index (χ1v) is 5.18. The van der Waals surface area contributed by atoms with Gasteiger partial charge in [-0.15, -0.1) is 0 Å². The summed E-state index contributed by atoms with van der Waals surface area (Å²) in [4.78, 5) is 0. The molecule has 0 aromatic heterocycles. The molecule has 0 N–H and O–H groups in total. The molecule has 0 heterocycles. The topological polar surface area (TPSA) is 0 Å². The van der Waals surface area contributed by atoms with Crippen molar-refractivity contribution in [2.75, 3.05) is 0 Å². The number of hydrogen-bond acceptors (Lipinski definition) is 0. The van der Waals surface area contributed by atoms with Crippen molar-refractivity contribution in [3.63, 3.8) is 0 Å². The van der Waals surface area contributed by atoms with Crippen molar-refractivity contribution in [1.82, 2.24) is 0 Å². The summed E-state index contributed by atoms with van der Waals surface area (Å²) in [6, 6.07) is 3.96. The Morgan fingerprint density at radius 1 is 1.20 bits per heavy atom. The summed E-state index contributed by atoms with van der Waals surface area (Å²) in [7, 11) is 0. The highest BCUT2D eigenvalue weighted by molar-refractivity contribution is 6.31. The second kappa shape index (κ2) is 6.01. The van der Waals surface area contributed by atoms with E-state index in [4.69, 9.17) is 11.6 Å². The number of rotatable bonds is 1. The fourth-order valence-electron chi connectivity index (χ4n) is 1.01. The molecule has 0 unspecified atom stereocenters. The van der Waals surface area contributed by atoms with Crippen molar-refractivity contribution < 1.29 is 13.2 Å². The van der Waals surface area contributed by atoms with Gasteiger partial charge in [0, 0.05) is 0 Å². The van der Waals surface area contributed by atoms with Crippen molar-refractivity contribution in [2.24, 2.45) is 0 Å². The fraction of sp³-hybridized carbons (Fsp3) is 0.455. The third kappa shape index (κ3) is 4.12. The van der Waals surface area contributed by atoms with Gasteiger partial charge in [0.15, 0.2) is 0 Å². The number of halogens is 4. The van der Waals surface area contributed by atoms with Gasteiger partial charge in [-0.1, -0.05) is 38.4 Å². The van der Waals surface area contributed by atoms with E-state index in [1.807, 2.05) is 13.8 Å². The van der Waals surface area contributed by atoms with Gasteiger partial charge < -0.3 is 0 Å². The first-order valence-electron chi connectivity index (χ1n) is 4.80. The molecule has 4 heteroatoms. The monoisotopic (exact) mass is 238 g/mol. The van der Waals surface area contributed by atoms with Gasteiger partial charge in [-0.25, -0.2) is 0 Å². The second-order valence-corrected chi connectivity index (χ2v) is 3.07. The molecule has 15 heavy (non-hydrogen) atoms. The predicted octanol–water partition coefficient (Wildman–Crippen LogP) is 4.95. The molecule has 0 fully saturated rings. The molecular formula is C11H14ClF3. The minimum atomic E-state index is -4.36. The van der Waals surface area contributed by atoms with Crippen molar-refractivity contribution >= 4 is 11.6 Å². The quantitative estimate of drug-likeness (QED) is 0.650. The fourth-order valence-corrected chi connectivity index (χ4v) is 1.23. The Balaban J connectivity index is 0.000000921. The predicted molar refractivity (Wildman–Crippen MR) is 57.2 cm³/mol. The summed E-state index contributed by atoms with van der Waals surface area (Å²) in [6.45, 7) is 5.80. The molecule has 1 aromatic rings. The molecule has 1 rings (SSSR count). The molecule has 0 saturated carbocycles. The maximum atomic E-state index is 12.3. The SMILES string of the molecule is CC.CCc1ccc(Cl)c(C(F)(F)F)c1. The Hall–Kier alpha value is -0.700. The highest BCUT2D eigenvalue weighted by Crippen LogP contribution is 2.35. The van der Waals surface area contributed by atoms with Gasteiger partial charge in [-0.2, -0.15) is 13.2 Å². The molecule has 0 atom stereocenters. The zero-order chi connectivity index (χ0) is 12.1. The van der Waals surface area contributed by atoms with E-state index in [1.165, 1.54) is 6.07 Å². The molecule has 0 saturated heterocycles. The van der Waals surface area contributed by atoms with E-state index in [1.54, 1.807) is 13.0 Å². The third-order valence-electron chi connectivity index (χ3n) is 1.74. The Bertz CT molecular complexity index is 305. The second-order valence-electron chi connectivity index (χ2n) is 2.67. The summed E-state index contributed by atoms with van der Waals surface area (Å²) in [6.07, 6.45) is -3.79. The van der Waals surface area contributed by atoms with Crippen LogP contribution in [0.15, 0.2) is 18.2 Å². The lowest BCUT2D eigenvalue weighted by atomic mass is 10.1. The molecule has 0 aliphatic carbocycles. The first kappa shape index (κ1) is 14.3. The maximum Gasteiger partial charge on any atom is 0.417 e. The molecule has 0 spiro atoms. The van der Waals surface area contributed by atoms with E-state index in [9.17, 15) is 13.2 Å². The first-order chi connectivity index (χ1) is 6.95. The summed E-state index contributed by atoms with van der Waals surface area (Å²) >= 11 is 5.42. The van der Waals surface area contributed by atoms with Crippen molar-refractivity contribution in [2.45, 2.75) is 33.4 Å². The Morgan fingerprint density at radius 3 is 2.13 bits per heavy atom. The Morgan fingerprint density at radius 2 is 1.73 bits per heavy atom. The molecule has 0 aliphatic rings. The minimum absolute atomic E-state index is 0.246. The Labute approximate surface area is 93.1 Å². The van der Waals surface area contributed by atoms with Crippen molar-refractivity contribution in [1.29, 1.82) is 0 Å². The van der Waals surface area contributed by atoms with Crippen LogP contribution in [0.2, 0.25) is 5.02 Å². The van der Waals surface area contributed by atoms with E-state index in [2.05, 4.69) is 0 Å². The van der Waals surface area contributed by atoms with Gasteiger partial charge in [-0.3, -0.25) is 0 Å². The molecule has 0 amide bonds. The highest BCUT2D eigenvalue weighted by Gasteiger charge is 2.33. The lowest BCUT2D eigenvalue weighted by Crippen LogP contribution is -2.06. The van der Waals surface area contributed by atoms with Crippen LogP contribution in [0.4, 0.5) is 13.2 Å². The average Bonchev–Trinajstić information content (AvgIpc) is 2.20. The Kier molecular flexibility index (Phi) is 5.73. The molecule has 86 valence electrons. The van der Waals surface area contributed by atoms with Gasteiger partial charge in [0.2, 0.25) is 0 Å². The van der Waals surface area contributed by atoms with Gasteiger partial charge in [0.05, 0.1) is 10.6 Å². The molecule has 0 nitrogen and oxygen atoms in total. The van der Waals surface area contributed by atoms with Crippen LogP contribution >= 0.6 is 11.6 Å². The number of aryl methyl sites for hydroxylation is 1. The van der Waals surface area contributed by atoms with Crippen LogP contribution in [0, 0.1) is 0 Å². The van der Waals surface area contributed by atoms with E-state index >= 15 is 0 Å². The lowest BCUT2D eigenvalue weighted by Gasteiger charge is -2.09. The van der Waals surface area contributed by atoms with Gasteiger partial charge in [0.1, 0.15) is 0 Å². The highest BCUT2D eigenvalue weighted by atomic mass is 35.5. The molecule has 1 aromatic carbocycles. The molecule has 0 aliphatic heterocycles. The van der Waals surface area contributed by atoms with Gasteiger partial charge in [0.25, 0.3) is 0 Å². The molecule has 0 radical (unpaired) electrons. The van der Waals surface area contributed by atoms with Crippen LogP contribution in [0.25, 0.3) is 0 Å². The zero-order valence-corrected chi connectivity index (χ0v) is 9.71. The standard InChI is InChI=1S/C9H8ClF3.C2H6/c1-2-6-3-4-8(10)7(5-6)9(11,12)13;1-2/h3-5H,2H2,1H3;1-2H3. The summed E-state index contributed by atoms with van der Waals surface area (Å²) in [5.41, 5.74) is -0.120. The summed E-state index contributed by atoms with van der Waals surface area (Å²) in [5.74, 6) is 0. The van der Waals surface area contributed by atoms with Crippen molar-refractivity contribution in [3.8, 4) is 0 Å². The van der Waals surface area contributed by atoms with Crippen LogP contribution in [0.5, 0.6) is 0 Å². The molecule has 0 bridgehead atoms. The van der Waals surface area contributed by atoms with Crippen molar-refractivity contribution in [3.05, 3.63) is 34.3 Å². The van der Waals surface area contributed by atoms with Crippen LogP contribution in [-0.2, 0) is 12.6 Å². The number of hydrogen-bond donors (Lipinski definition) is 0. The molecular weight excluding hydrogens is 225 g/mol. The lowest BCUT2D eigenvalue weighted by molar-refractivity contribution is -0.137. The van der Waals surface area contributed by atoms with E-state index in [0.29, 0.717) is 12.0 Å². The zero-order valence-electron chi connectivity index (χ0n) is 8.95. The van der Waals surface area contributed by atoms with Crippen LogP contribution in [-0.4, -0.2) is 0 Å².